The summed E-state index contributed by atoms with van der Waals surface area (Å²) in [7, 11) is 1.12. The number of aromatic nitrogens is 1. The van der Waals surface area contributed by atoms with E-state index in [2.05, 4.69) is 25.7 Å². The maximum atomic E-state index is 13.1. The van der Waals surface area contributed by atoms with Crippen LogP contribution in [0.25, 0.3) is 0 Å². The molecule has 0 bridgehead atoms. The lowest BCUT2D eigenvalue weighted by atomic mass is 10.1. The lowest BCUT2D eigenvalue weighted by Gasteiger charge is -2.10. The molecule has 3 nitrogen and oxygen atoms in total. The molecule has 1 rings (SSSR count). The fourth-order valence-electron chi connectivity index (χ4n) is 1.13. The van der Waals surface area contributed by atoms with Crippen molar-refractivity contribution in [3.05, 3.63) is 27.7 Å². The molecule has 0 aliphatic carbocycles. The summed E-state index contributed by atoms with van der Waals surface area (Å²) in [5, 5.41) is 0. The van der Waals surface area contributed by atoms with Crippen molar-refractivity contribution in [3.63, 3.8) is 0 Å². The van der Waals surface area contributed by atoms with Gasteiger partial charge in [-0.05, 0) is 21.5 Å². The molecule has 1 aromatic heterocycles. The number of rotatable bonds is 3. The second-order valence-corrected chi connectivity index (χ2v) is 3.70. The van der Waals surface area contributed by atoms with Gasteiger partial charge in [0.1, 0.15) is 0 Å². The molecule has 16 heavy (non-hydrogen) atoms. The lowest BCUT2D eigenvalue weighted by Crippen LogP contribution is -2.10. The molecule has 0 N–H and O–H groups in total. The normalized spacial score (nSPS) is 10.6. The van der Waals surface area contributed by atoms with Gasteiger partial charge in [0.05, 0.1) is 19.1 Å². The van der Waals surface area contributed by atoms with Crippen molar-refractivity contribution in [2.45, 2.75) is 12.8 Å². The minimum Gasteiger partial charge on any atom is -0.469 e. The zero-order chi connectivity index (χ0) is 12.3. The maximum absolute atomic E-state index is 13.1. The third kappa shape index (κ3) is 2.72. The number of carbonyl (C=O) groups excluding carboxylic acids is 1. The van der Waals surface area contributed by atoms with Crippen molar-refractivity contribution in [3.8, 4) is 0 Å². The quantitative estimate of drug-likeness (QED) is 0.636. The van der Waals surface area contributed by atoms with E-state index in [0.29, 0.717) is 0 Å². The molecule has 0 spiro atoms. The Kier molecular flexibility index (Phi) is 4.28. The first-order valence-electron chi connectivity index (χ1n) is 4.15. The van der Waals surface area contributed by atoms with Crippen molar-refractivity contribution in [1.29, 1.82) is 0 Å². The highest BCUT2D eigenvalue weighted by molar-refractivity contribution is 9.10. The number of methoxy groups -OCH3 is 1. The fraction of sp³-hybridized carbons (Fsp3) is 0.333. The van der Waals surface area contributed by atoms with Crippen molar-refractivity contribution in [1.82, 2.24) is 4.98 Å². The summed E-state index contributed by atoms with van der Waals surface area (Å²) < 4.78 is 42.7. The third-order valence-electron chi connectivity index (χ3n) is 1.89. The van der Waals surface area contributed by atoms with Crippen LogP contribution in [-0.2, 0) is 16.0 Å². The Morgan fingerprint density at radius 1 is 1.62 bits per heavy atom. The average Bonchev–Trinajstić information content (AvgIpc) is 2.22. The smallest absolute Gasteiger partial charge is 0.310 e. The Hall–Kier alpha value is -1.11. The summed E-state index contributed by atoms with van der Waals surface area (Å²) >= 11 is 2.94. The summed E-state index contributed by atoms with van der Waals surface area (Å²) in [4.78, 5) is 14.1. The van der Waals surface area contributed by atoms with Crippen molar-refractivity contribution in [2.75, 3.05) is 7.11 Å². The number of esters is 1. The number of carbonyl (C=O) groups is 1. The SMILES string of the molecule is COC(=O)Cc1c(Br)cnc(F)c1C(F)F. The van der Waals surface area contributed by atoms with E-state index in [9.17, 15) is 18.0 Å². The van der Waals surface area contributed by atoms with Crippen LogP contribution in [0.5, 0.6) is 0 Å². The number of pyridine rings is 1. The minimum atomic E-state index is -3.04. The van der Waals surface area contributed by atoms with E-state index < -0.39 is 30.3 Å². The van der Waals surface area contributed by atoms with E-state index >= 15 is 0 Å². The molecule has 88 valence electrons. The molecular formula is C9H7BrF3NO2. The topological polar surface area (TPSA) is 39.2 Å². The number of halogens is 4. The highest BCUT2D eigenvalue weighted by Crippen LogP contribution is 2.30. The molecule has 7 heteroatoms. The standard InChI is InChI=1S/C9H7BrF3NO2/c1-16-6(15)2-4-5(10)3-14-9(13)7(4)8(11)12/h3,8H,2H2,1H3. The van der Waals surface area contributed by atoms with Crippen LogP contribution in [-0.4, -0.2) is 18.1 Å². The molecule has 0 radical (unpaired) electrons. The highest BCUT2D eigenvalue weighted by atomic mass is 79.9. The Bertz CT molecular complexity index is 412. The zero-order valence-electron chi connectivity index (χ0n) is 8.14. The summed E-state index contributed by atoms with van der Waals surface area (Å²) in [5.74, 6) is -2.01. The Labute approximate surface area is 97.8 Å². The molecule has 0 unspecified atom stereocenters. The van der Waals surface area contributed by atoms with Gasteiger partial charge in [-0.25, -0.2) is 13.8 Å². The van der Waals surface area contributed by atoms with E-state index in [1.807, 2.05) is 0 Å². The minimum absolute atomic E-state index is 0.144. The van der Waals surface area contributed by atoms with E-state index in [1.165, 1.54) is 0 Å². The largest absolute Gasteiger partial charge is 0.469 e. The zero-order valence-corrected chi connectivity index (χ0v) is 9.72. The number of alkyl halides is 2. The van der Waals surface area contributed by atoms with E-state index in [4.69, 9.17) is 0 Å². The van der Waals surface area contributed by atoms with Crippen LogP contribution in [0.15, 0.2) is 10.7 Å². The highest BCUT2D eigenvalue weighted by Gasteiger charge is 2.23. The van der Waals surface area contributed by atoms with Gasteiger partial charge in [0.25, 0.3) is 6.43 Å². The van der Waals surface area contributed by atoms with Crippen LogP contribution in [0.1, 0.15) is 17.6 Å². The fourth-order valence-corrected chi connectivity index (χ4v) is 1.59. The van der Waals surface area contributed by atoms with Gasteiger partial charge in [-0.15, -0.1) is 0 Å². The predicted molar refractivity (Wildman–Crippen MR) is 52.6 cm³/mol. The number of hydrogen-bond acceptors (Lipinski definition) is 3. The van der Waals surface area contributed by atoms with Crippen LogP contribution in [0.3, 0.4) is 0 Å². The molecule has 0 aliphatic rings. The molecule has 1 heterocycles. The second-order valence-electron chi connectivity index (χ2n) is 2.84. The first kappa shape index (κ1) is 13.0. The van der Waals surface area contributed by atoms with Crippen LogP contribution in [0.2, 0.25) is 0 Å². The lowest BCUT2D eigenvalue weighted by molar-refractivity contribution is -0.139. The van der Waals surface area contributed by atoms with E-state index in [-0.39, 0.29) is 10.0 Å². The summed E-state index contributed by atoms with van der Waals surface area (Å²) in [6.07, 6.45) is -2.44. The molecule has 0 saturated heterocycles. The van der Waals surface area contributed by atoms with Gasteiger partial charge < -0.3 is 4.74 Å². The molecular weight excluding hydrogens is 291 g/mol. The second kappa shape index (κ2) is 5.29. The molecule has 0 aliphatic heterocycles. The van der Waals surface area contributed by atoms with Crippen LogP contribution in [0.4, 0.5) is 13.2 Å². The number of ether oxygens (including phenoxy) is 1. The van der Waals surface area contributed by atoms with E-state index in [1.54, 1.807) is 0 Å². The van der Waals surface area contributed by atoms with Crippen molar-refractivity contribution < 1.29 is 22.7 Å². The predicted octanol–water partition coefficient (Wildman–Crippen LogP) is 2.64. The summed E-state index contributed by atoms with van der Waals surface area (Å²) in [5.41, 5.74) is -1.02. The van der Waals surface area contributed by atoms with Crippen molar-refractivity contribution in [2.24, 2.45) is 0 Å². The third-order valence-corrected chi connectivity index (χ3v) is 2.58. The van der Waals surface area contributed by atoms with Gasteiger partial charge in [-0.3, -0.25) is 4.79 Å². The maximum Gasteiger partial charge on any atom is 0.310 e. The van der Waals surface area contributed by atoms with Gasteiger partial charge in [0.2, 0.25) is 5.95 Å². The molecule has 0 fully saturated rings. The Morgan fingerprint density at radius 2 is 2.25 bits per heavy atom. The van der Waals surface area contributed by atoms with Gasteiger partial charge in [-0.1, -0.05) is 0 Å². The average molecular weight is 298 g/mol. The first-order chi connectivity index (χ1) is 7.47. The van der Waals surface area contributed by atoms with Crippen LogP contribution in [0, 0.1) is 5.95 Å². The van der Waals surface area contributed by atoms with Gasteiger partial charge in [-0.2, -0.15) is 4.39 Å². The summed E-state index contributed by atoms with van der Waals surface area (Å²) in [6.45, 7) is 0. The summed E-state index contributed by atoms with van der Waals surface area (Å²) in [6, 6.07) is 0. The molecule has 0 amide bonds. The number of hydrogen-bond donors (Lipinski definition) is 0. The molecule has 1 aromatic rings. The Morgan fingerprint density at radius 3 is 2.75 bits per heavy atom. The van der Waals surface area contributed by atoms with Gasteiger partial charge >= 0.3 is 5.97 Å². The van der Waals surface area contributed by atoms with Gasteiger partial charge in [0.15, 0.2) is 0 Å². The monoisotopic (exact) mass is 297 g/mol. The molecule has 0 saturated carbocycles. The first-order valence-corrected chi connectivity index (χ1v) is 4.94. The van der Waals surface area contributed by atoms with Crippen LogP contribution >= 0.6 is 15.9 Å². The Balaban J connectivity index is 3.23. The van der Waals surface area contributed by atoms with Crippen LogP contribution < -0.4 is 0 Å². The number of nitrogens with zero attached hydrogens (tertiary/aromatic N) is 1. The van der Waals surface area contributed by atoms with Crippen molar-refractivity contribution >= 4 is 21.9 Å². The molecule has 0 aromatic carbocycles. The van der Waals surface area contributed by atoms with Gasteiger partial charge in [0, 0.05) is 10.7 Å². The van der Waals surface area contributed by atoms with E-state index in [0.717, 1.165) is 13.3 Å². The molecule has 0 atom stereocenters.